The van der Waals surface area contributed by atoms with Crippen molar-refractivity contribution in [2.75, 3.05) is 6.54 Å². The molecule has 54 valence electrons. The van der Waals surface area contributed by atoms with E-state index in [0.29, 0.717) is 0 Å². The van der Waals surface area contributed by atoms with E-state index in [9.17, 15) is 0 Å². The fourth-order valence-electron chi connectivity index (χ4n) is 1.41. The minimum atomic E-state index is 0.861. The van der Waals surface area contributed by atoms with Gasteiger partial charge in [0.2, 0.25) is 0 Å². The van der Waals surface area contributed by atoms with Crippen molar-refractivity contribution < 1.29 is 0 Å². The summed E-state index contributed by atoms with van der Waals surface area (Å²) in [5.74, 6) is 0. The summed E-state index contributed by atoms with van der Waals surface area (Å²) >= 11 is 0. The first-order valence-electron chi connectivity index (χ1n) is 3.81. The van der Waals surface area contributed by atoms with Crippen LogP contribution in [-0.2, 0) is 13.0 Å². The van der Waals surface area contributed by atoms with Gasteiger partial charge in [-0.3, -0.25) is 4.98 Å². The lowest BCUT2D eigenvalue weighted by atomic mass is 9.87. The maximum absolute atomic E-state index is 5.77. The second-order valence-corrected chi connectivity index (χ2v) is 2.75. The highest BCUT2D eigenvalue weighted by molar-refractivity contribution is 6.33. The van der Waals surface area contributed by atoms with Gasteiger partial charge in [-0.15, -0.1) is 0 Å². The molecule has 1 aromatic rings. The summed E-state index contributed by atoms with van der Waals surface area (Å²) in [5.41, 5.74) is 3.22. The van der Waals surface area contributed by atoms with Gasteiger partial charge in [0.15, 0.2) is 0 Å². The number of nitrogens with zero attached hydrogens (tertiary/aromatic N) is 1. The highest BCUT2D eigenvalue weighted by Gasteiger charge is 2.09. The first-order valence-corrected chi connectivity index (χ1v) is 3.81. The van der Waals surface area contributed by atoms with Crippen LogP contribution < -0.4 is 10.8 Å². The first kappa shape index (κ1) is 6.86. The lowest BCUT2D eigenvalue weighted by Gasteiger charge is -2.17. The van der Waals surface area contributed by atoms with Gasteiger partial charge in [-0.1, -0.05) is 11.5 Å². The normalized spacial score (nSPS) is 16.0. The number of aromatic nitrogens is 1. The molecule has 1 aliphatic rings. The molecule has 0 amide bonds. The van der Waals surface area contributed by atoms with Gasteiger partial charge in [0.25, 0.3) is 0 Å². The van der Waals surface area contributed by atoms with Crippen molar-refractivity contribution in [3.05, 3.63) is 23.5 Å². The van der Waals surface area contributed by atoms with Crippen molar-refractivity contribution in [3.8, 4) is 0 Å². The number of pyridine rings is 1. The fourth-order valence-corrected chi connectivity index (χ4v) is 1.41. The minimum absolute atomic E-state index is 0.861. The topological polar surface area (TPSA) is 24.9 Å². The average molecular weight is 144 g/mol. The molecule has 2 rings (SSSR count). The Hall–Kier alpha value is -0.825. The highest BCUT2D eigenvalue weighted by Crippen LogP contribution is 2.06. The summed E-state index contributed by atoms with van der Waals surface area (Å²) in [6.07, 6.45) is 2.77. The Balaban J connectivity index is 2.49. The SMILES string of the molecule is [B]c1ccnc2c1CCNC2. The Morgan fingerprint density at radius 2 is 2.45 bits per heavy atom. The van der Waals surface area contributed by atoms with Crippen molar-refractivity contribution >= 4 is 13.3 Å². The Labute approximate surface area is 67.4 Å². The van der Waals surface area contributed by atoms with Crippen molar-refractivity contribution in [3.63, 3.8) is 0 Å². The molecule has 0 aliphatic carbocycles. The maximum atomic E-state index is 5.77. The standard InChI is InChI=1S/C8H9BN2/c9-7-2-4-11-8-5-10-3-1-6(7)8/h2,4,10H,1,3,5H2. The number of hydrogen-bond donors (Lipinski definition) is 1. The van der Waals surface area contributed by atoms with Crippen LogP contribution in [0.5, 0.6) is 0 Å². The molecule has 0 spiro atoms. The zero-order valence-corrected chi connectivity index (χ0v) is 6.30. The largest absolute Gasteiger partial charge is 0.311 e. The molecule has 1 aromatic heterocycles. The molecule has 0 atom stereocenters. The molecule has 0 saturated heterocycles. The van der Waals surface area contributed by atoms with E-state index in [1.807, 2.05) is 6.07 Å². The lowest BCUT2D eigenvalue weighted by molar-refractivity contribution is 0.630. The molecule has 0 fully saturated rings. The third kappa shape index (κ3) is 1.16. The molecule has 2 radical (unpaired) electrons. The van der Waals surface area contributed by atoms with Gasteiger partial charge in [0, 0.05) is 12.7 Å². The summed E-state index contributed by atoms with van der Waals surface area (Å²) in [6, 6.07) is 1.87. The van der Waals surface area contributed by atoms with Gasteiger partial charge in [0.1, 0.15) is 7.85 Å². The number of hydrogen-bond acceptors (Lipinski definition) is 2. The van der Waals surface area contributed by atoms with Crippen LogP contribution in [0.3, 0.4) is 0 Å². The van der Waals surface area contributed by atoms with E-state index in [1.54, 1.807) is 6.20 Å². The fraction of sp³-hybridized carbons (Fsp3) is 0.375. The van der Waals surface area contributed by atoms with Crippen LogP contribution in [0, 0.1) is 0 Å². The lowest BCUT2D eigenvalue weighted by Crippen LogP contribution is -2.29. The molecule has 2 heterocycles. The Morgan fingerprint density at radius 1 is 1.55 bits per heavy atom. The van der Waals surface area contributed by atoms with E-state index in [4.69, 9.17) is 7.85 Å². The van der Waals surface area contributed by atoms with Crippen molar-refractivity contribution in [1.82, 2.24) is 10.3 Å². The predicted molar refractivity (Wildman–Crippen MR) is 45.0 cm³/mol. The molecule has 1 aliphatic heterocycles. The number of fused-ring (bicyclic) bond motifs is 1. The first-order chi connectivity index (χ1) is 5.38. The predicted octanol–water partition coefficient (Wildman–Crippen LogP) is -0.479. The van der Waals surface area contributed by atoms with Crippen LogP contribution >= 0.6 is 0 Å². The number of nitrogens with one attached hydrogen (secondary N) is 1. The van der Waals surface area contributed by atoms with E-state index in [1.165, 1.54) is 5.56 Å². The van der Waals surface area contributed by atoms with E-state index < -0.39 is 0 Å². The molecule has 0 aromatic carbocycles. The Kier molecular flexibility index (Phi) is 1.66. The molecule has 0 saturated carbocycles. The quantitative estimate of drug-likeness (QED) is 0.497. The van der Waals surface area contributed by atoms with E-state index >= 15 is 0 Å². The third-order valence-electron chi connectivity index (χ3n) is 2.03. The van der Waals surface area contributed by atoms with Gasteiger partial charge >= 0.3 is 0 Å². The highest BCUT2D eigenvalue weighted by atomic mass is 14.9. The zero-order chi connectivity index (χ0) is 7.68. The van der Waals surface area contributed by atoms with Crippen LogP contribution in [0.25, 0.3) is 0 Å². The van der Waals surface area contributed by atoms with Crippen LogP contribution in [0.2, 0.25) is 0 Å². The minimum Gasteiger partial charge on any atom is -0.311 e. The molecule has 0 unspecified atom stereocenters. The van der Waals surface area contributed by atoms with E-state index in [2.05, 4.69) is 10.3 Å². The summed E-state index contributed by atoms with van der Waals surface area (Å²) in [4.78, 5) is 4.24. The molecule has 3 heteroatoms. The summed E-state index contributed by atoms with van der Waals surface area (Å²) in [6.45, 7) is 1.88. The Bertz CT molecular complexity index is 273. The summed E-state index contributed by atoms with van der Waals surface area (Å²) < 4.78 is 0. The van der Waals surface area contributed by atoms with Gasteiger partial charge in [0.05, 0.1) is 5.69 Å². The molecular weight excluding hydrogens is 135 g/mol. The van der Waals surface area contributed by atoms with Crippen LogP contribution in [0.4, 0.5) is 0 Å². The second kappa shape index (κ2) is 2.66. The van der Waals surface area contributed by atoms with E-state index in [-0.39, 0.29) is 0 Å². The molecule has 11 heavy (non-hydrogen) atoms. The van der Waals surface area contributed by atoms with Crippen molar-refractivity contribution in [2.24, 2.45) is 0 Å². The Morgan fingerprint density at radius 3 is 3.27 bits per heavy atom. The smallest absolute Gasteiger partial charge is 0.114 e. The third-order valence-corrected chi connectivity index (χ3v) is 2.03. The molecule has 2 nitrogen and oxygen atoms in total. The monoisotopic (exact) mass is 144 g/mol. The van der Waals surface area contributed by atoms with Gasteiger partial charge in [-0.25, -0.2) is 0 Å². The van der Waals surface area contributed by atoms with Gasteiger partial charge < -0.3 is 5.32 Å². The van der Waals surface area contributed by atoms with Crippen LogP contribution in [-0.4, -0.2) is 19.4 Å². The van der Waals surface area contributed by atoms with Crippen LogP contribution in [0.15, 0.2) is 12.3 Å². The van der Waals surface area contributed by atoms with Gasteiger partial charge in [-0.05, 0) is 18.5 Å². The van der Waals surface area contributed by atoms with Gasteiger partial charge in [-0.2, -0.15) is 0 Å². The maximum Gasteiger partial charge on any atom is 0.114 e. The van der Waals surface area contributed by atoms with Crippen LogP contribution in [0.1, 0.15) is 11.3 Å². The summed E-state index contributed by atoms with van der Waals surface area (Å²) in [5, 5.41) is 3.25. The molecule has 1 N–H and O–H groups in total. The molecule has 0 bridgehead atoms. The average Bonchev–Trinajstić information content (AvgIpc) is 2.06. The zero-order valence-electron chi connectivity index (χ0n) is 6.30. The molecular formula is C8H9BN2. The number of rotatable bonds is 0. The second-order valence-electron chi connectivity index (χ2n) is 2.75. The van der Waals surface area contributed by atoms with E-state index in [0.717, 1.165) is 30.7 Å². The summed E-state index contributed by atoms with van der Waals surface area (Å²) in [7, 11) is 5.77. The van der Waals surface area contributed by atoms with Crippen molar-refractivity contribution in [1.29, 1.82) is 0 Å². The van der Waals surface area contributed by atoms with Crippen molar-refractivity contribution in [2.45, 2.75) is 13.0 Å².